The predicted molar refractivity (Wildman–Crippen MR) is 129 cm³/mol. The average Bonchev–Trinajstić information content (AvgIpc) is 2.86. The van der Waals surface area contributed by atoms with Gasteiger partial charge in [-0.25, -0.2) is 4.39 Å². The fourth-order valence-corrected chi connectivity index (χ4v) is 4.39. The monoisotopic (exact) mass is 462 g/mol. The van der Waals surface area contributed by atoms with E-state index in [1.807, 2.05) is 0 Å². The van der Waals surface area contributed by atoms with Crippen LogP contribution in [0.3, 0.4) is 0 Å². The van der Waals surface area contributed by atoms with E-state index < -0.39 is 11.6 Å². The van der Waals surface area contributed by atoms with Gasteiger partial charge in [-0.3, -0.25) is 4.79 Å². The lowest BCUT2D eigenvalue weighted by molar-refractivity contribution is -0.140. The number of hydrogen-bond acceptors (Lipinski definition) is 3. The zero-order valence-electron chi connectivity index (χ0n) is 19.4. The Balaban J connectivity index is 1.36. The molecule has 0 bridgehead atoms. The summed E-state index contributed by atoms with van der Waals surface area (Å²) in [5, 5.41) is 0. The predicted octanol–water partition coefficient (Wildman–Crippen LogP) is 7.73. The van der Waals surface area contributed by atoms with Crippen molar-refractivity contribution in [1.29, 1.82) is 0 Å². The number of ether oxygens (including phenoxy) is 2. The number of halogens is 2. The van der Waals surface area contributed by atoms with Gasteiger partial charge in [-0.05, 0) is 80.8 Å². The molecular weight excluding hydrogens is 434 g/mol. The number of rotatable bonds is 6. The largest absolute Gasteiger partial charge is 0.462 e. The molecule has 0 unspecified atom stereocenters. The normalized spacial score (nSPS) is 18.1. The zero-order chi connectivity index (χ0) is 24.1. The Morgan fingerprint density at radius 1 is 0.882 bits per heavy atom. The van der Waals surface area contributed by atoms with E-state index >= 15 is 0 Å². The Labute approximate surface area is 199 Å². The van der Waals surface area contributed by atoms with Crippen LogP contribution in [0.4, 0.5) is 8.78 Å². The van der Waals surface area contributed by atoms with Gasteiger partial charge in [0.05, 0.1) is 12.2 Å². The number of aryl methyl sites for hydroxylation is 1. The number of hydrogen-bond donors (Lipinski definition) is 0. The number of esters is 1. The summed E-state index contributed by atoms with van der Waals surface area (Å²) in [6.07, 6.45) is 6.38. The van der Waals surface area contributed by atoms with Crippen molar-refractivity contribution in [3.63, 3.8) is 0 Å². The third-order valence-corrected chi connectivity index (χ3v) is 6.37. The maximum atomic E-state index is 14.5. The SMILES string of the molecule is C/C=C/Oc1ccc(-c2ccc(OC(=O)C3CCC(c4ccc(C)cc4)CC3)cc2)c(F)c1F. The van der Waals surface area contributed by atoms with Crippen molar-refractivity contribution in [2.24, 2.45) is 5.92 Å². The number of carbonyl (C=O) groups is 1. The Kier molecular flexibility index (Phi) is 7.41. The van der Waals surface area contributed by atoms with E-state index in [1.54, 1.807) is 37.3 Å². The van der Waals surface area contributed by atoms with Gasteiger partial charge in [0.15, 0.2) is 11.6 Å². The first-order valence-corrected chi connectivity index (χ1v) is 11.6. The maximum Gasteiger partial charge on any atom is 0.314 e. The standard InChI is InChI=1S/C29H28F2O3/c1-3-18-33-26-17-16-25(27(30)28(26)31)22-12-14-24(15-13-22)34-29(32)23-10-8-21(9-11-23)20-6-4-19(2)5-7-20/h3-7,12-18,21,23H,8-11H2,1-2H3/b18-3+. The molecule has 0 atom stereocenters. The van der Waals surface area contributed by atoms with E-state index in [1.165, 1.54) is 29.5 Å². The molecule has 1 aliphatic rings. The highest BCUT2D eigenvalue weighted by atomic mass is 19.2. The minimum atomic E-state index is -1.05. The zero-order valence-corrected chi connectivity index (χ0v) is 19.4. The van der Waals surface area contributed by atoms with Gasteiger partial charge in [-0.15, -0.1) is 0 Å². The fraction of sp³-hybridized carbons (Fsp3) is 0.276. The summed E-state index contributed by atoms with van der Waals surface area (Å²) in [5.41, 5.74) is 3.17. The summed E-state index contributed by atoms with van der Waals surface area (Å²) < 4.78 is 39.5. The molecule has 0 saturated heterocycles. The molecule has 0 radical (unpaired) electrons. The van der Waals surface area contributed by atoms with Crippen LogP contribution in [0.5, 0.6) is 11.5 Å². The van der Waals surface area contributed by atoms with E-state index in [-0.39, 0.29) is 23.2 Å². The molecule has 5 heteroatoms. The highest BCUT2D eigenvalue weighted by Gasteiger charge is 2.28. The molecule has 34 heavy (non-hydrogen) atoms. The highest BCUT2D eigenvalue weighted by molar-refractivity contribution is 5.75. The molecule has 3 nitrogen and oxygen atoms in total. The van der Waals surface area contributed by atoms with Gasteiger partial charge in [0.1, 0.15) is 5.75 Å². The molecule has 4 rings (SSSR count). The first-order chi connectivity index (χ1) is 16.5. The van der Waals surface area contributed by atoms with Gasteiger partial charge in [-0.2, -0.15) is 4.39 Å². The molecule has 0 spiro atoms. The lowest BCUT2D eigenvalue weighted by Crippen LogP contribution is -2.25. The minimum Gasteiger partial charge on any atom is -0.462 e. The lowest BCUT2D eigenvalue weighted by Gasteiger charge is -2.27. The van der Waals surface area contributed by atoms with Crippen molar-refractivity contribution in [2.75, 3.05) is 0 Å². The topological polar surface area (TPSA) is 35.5 Å². The second kappa shape index (κ2) is 10.6. The van der Waals surface area contributed by atoms with Crippen molar-refractivity contribution in [3.8, 4) is 22.6 Å². The van der Waals surface area contributed by atoms with Crippen molar-refractivity contribution in [3.05, 3.63) is 95.8 Å². The van der Waals surface area contributed by atoms with E-state index in [9.17, 15) is 13.6 Å². The Bertz CT molecular complexity index is 1160. The second-order valence-electron chi connectivity index (χ2n) is 8.73. The second-order valence-corrected chi connectivity index (χ2v) is 8.73. The van der Waals surface area contributed by atoms with E-state index in [2.05, 4.69) is 31.2 Å². The molecule has 3 aromatic rings. The Morgan fingerprint density at radius 2 is 1.56 bits per heavy atom. The molecule has 3 aromatic carbocycles. The van der Waals surface area contributed by atoms with Crippen molar-refractivity contribution < 1.29 is 23.0 Å². The summed E-state index contributed by atoms with van der Waals surface area (Å²) in [6, 6.07) is 17.9. The Morgan fingerprint density at radius 3 is 2.21 bits per heavy atom. The van der Waals surface area contributed by atoms with Gasteiger partial charge in [0.25, 0.3) is 0 Å². The van der Waals surface area contributed by atoms with Crippen molar-refractivity contribution in [1.82, 2.24) is 0 Å². The first-order valence-electron chi connectivity index (χ1n) is 11.6. The van der Waals surface area contributed by atoms with Crippen molar-refractivity contribution in [2.45, 2.75) is 45.4 Å². The number of benzene rings is 3. The third kappa shape index (κ3) is 5.36. The van der Waals surface area contributed by atoms with Crippen molar-refractivity contribution >= 4 is 5.97 Å². The van der Waals surface area contributed by atoms with E-state index in [0.29, 0.717) is 17.2 Å². The van der Waals surface area contributed by atoms with E-state index in [0.717, 1.165) is 25.7 Å². The van der Waals surface area contributed by atoms with Crippen LogP contribution in [0.2, 0.25) is 0 Å². The van der Waals surface area contributed by atoms with E-state index in [4.69, 9.17) is 9.47 Å². The van der Waals surface area contributed by atoms with Crippen LogP contribution >= 0.6 is 0 Å². The summed E-state index contributed by atoms with van der Waals surface area (Å²) in [6.45, 7) is 3.79. The number of allylic oxidation sites excluding steroid dienone is 1. The fourth-order valence-electron chi connectivity index (χ4n) is 4.39. The maximum absolute atomic E-state index is 14.5. The quantitative estimate of drug-likeness (QED) is 0.214. The van der Waals surface area contributed by atoms with Crippen LogP contribution in [-0.2, 0) is 4.79 Å². The smallest absolute Gasteiger partial charge is 0.314 e. The van der Waals surface area contributed by atoms with Gasteiger partial charge in [0, 0.05) is 5.56 Å². The molecule has 0 aromatic heterocycles. The highest BCUT2D eigenvalue weighted by Crippen LogP contribution is 2.37. The summed E-state index contributed by atoms with van der Waals surface area (Å²) in [5.74, 6) is -1.71. The van der Waals surface area contributed by atoms with Crippen LogP contribution in [0.15, 0.2) is 73.0 Å². The minimum absolute atomic E-state index is 0.109. The summed E-state index contributed by atoms with van der Waals surface area (Å²) >= 11 is 0. The summed E-state index contributed by atoms with van der Waals surface area (Å²) in [7, 11) is 0. The molecule has 1 saturated carbocycles. The molecule has 0 amide bonds. The van der Waals surface area contributed by atoms with Crippen LogP contribution in [0.25, 0.3) is 11.1 Å². The molecule has 0 aliphatic heterocycles. The molecule has 176 valence electrons. The Hall–Kier alpha value is -3.47. The lowest BCUT2D eigenvalue weighted by atomic mass is 9.78. The van der Waals surface area contributed by atoms with Gasteiger partial charge in [0.2, 0.25) is 5.82 Å². The molecule has 1 fully saturated rings. The summed E-state index contributed by atoms with van der Waals surface area (Å²) in [4.78, 5) is 12.7. The van der Waals surface area contributed by atoms with Gasteiger partial charge < -0.3 is 9.47 Å². The van der Waals surface area contributed by atoms with Crippen LogP contribution in [0, 0.1) is 24.5 Å². The third-order valence-electron chi connectivity index (χ3n) is 6.37. The molecule has 0 N–H and O–H groups in total. The van der Waals surface area contributed by atoms with Crippen LogP contribution in [-0.4, -0.2) is 5.97 Å². The molecular formula is C29H28F2O3. The average molecular weight is 463 g/mol. The molecule has 1 aliphatic carbocycles. The van der Waals surface area contributed by atoms with Gasteiger partial charge >= 0.3 is 5.97 Å². The number of carbonyl (C=O) groups excluding carboxylic acids is 1. The van der Waals surface area contributed by atoms with Gasteiger partial charge in [-0.1, -0.05) is 48.0 Å². The van der Waals surface area contributed by atoms with Crippen LogP contribution < -0.4 is 9.47 Å². The van der Waals surface area contributed by atoms with Crippen LogP contribution in [0.1, 0.15) is 49.7 Å². The molecule has 0 heterocycles. The first kappa shape index (κ1) is 23.7.